The van der Waals surface area contributed by atoms with Crippen LogP contribution in [0.25, 0.3) is 0 Å². The molecule has 0 radical (unpaired) electrons. The Morgan fingerprint density at radius 2 is 2.00 bits per heavy atom. The van der Waals surface area contributed by atoms with Gasteiger partial charge in [-0.3, -0.25) is 4.79 Å². The number of carbonyl (C=O) groups is 1. The Morgan fingerprint density at radius 3 is 2.77 bits per heavy atom. The van der Waals surface area contributed by atoms with E-state index in [0.717, 1.165) is 40.1 Å². The molecule has 3 N–H and O–H groups in total. The number of ether oxygens (including phenoxy) is 1. The number of hydrogen-bond donors (Lipinski definition) is 2. The minimum Gasteiger partial charge on any atom is -0.496 e. The first kappa shape index (κ1) is 14.6. The number of amides is 1. The molecule has 3 rings (SSSR count). The van der Waals surface area contributed by atoms with Gasteiger partial charge in [-0.2, -0.15) is 0 Å². The largest absolute Gasteiger partial charge is 0.496 e. The number of methoxy groups -OCH3 is 1. The zero-order valence-corrected chi connectivity index (χ0v) is 12.8. The summed E-state index contributed by atoms with van der Waals surface area (Å²) in [5.41, 5.74) is 11.6. The smallest absolute Gasteiger partial charge is 0.224 e. The number of fused-ring (bicyclic) bond motifs is 1. The molecule has 1 heterocycles. The number of carbonyl (C=O) groups excluding carboxylic acids is 1. The molecule has 0 bridgehead atoms. The Balaban J connectivity index is 2.02. The van der Waals surface area contributed by atoms with E-state index in [2.05, 4.69) is 11.4 Å². The van der Waals surface area contributed by atoms with Gasteiger partial charge in [-0.05, 0) is 36.1 Å². The summed E-state index contributed by atoms with van der Waals surface area (Å²) in [6, 6.07) is 11.7. The molecule has 0 aliphatic carbocycles. The molecule has 0 fully saturated rings. The zero-order chi connectivity index (χ0) is 15.7. The lowest BCUT2D eigenvalue weighted by atomic mass is 9.91. The van der Waals surface area contributed by atoms with E-state index in [1.165, 1.54) is 0 Å². The molecule has 0 spiro atoms. The summed E-state index contributed by atoms with van der Waals surface area (Å²) < 4.78 is 5.41. The minimum absolute atomic E-state index is 0.0809. The molecule has 0 saturated heterocycles. The second-order valence-corrected chi connectivity index (χ2v) is 5.64. The van der Waals surface area contributed by atoms with Crippen molar-refractivity contribution in [2.24, 2.45) is 5.73 Å². The molecule has 0 aromatic heterocycles. The monoisotopic (exact) mass is 296 g/mol. The molecular formula is C18H20N2O2. The van der Waals surface area contributed by atoms with Gasteiger partial charge in [-0.15, -0.1) is 0 Å². The highest BCUT2D eigenvalue weighted by Gasteiger charge is 2.20. The van der Waals surface area contributed by atoms with Crippen LogP contribution in [0, 0.1) is 6.92 Å². The van der Waals surface area contributed by atoms with E-state index in [9.17, 15) is 4.79 Å². The summed E-state index contributed by atoms with van der Waals surface area (Å²) in [7, 11) is 1.65. The molecule has 1 atom stereocenters. The van der Waals surface area contributed by atoms with Crippen molar-refractivity contribution in [2.75, 3.05) is 12.4 Å². The van der Waals surface area contributed by atoms with E-state index in [1.807, 2.05) is 37.3 Å². The number of hydrogen-bond acceptors (Lipinski definition) is 3. The third kappa shape index (κ3) is 2.57. The first-order valence-corrected chi connectivity index (χ1v) is 7.42. The number of aryl methyl sites for hydroxylation is 2. The van der Waals surface area contributed by atoms with E-state index in [-0.39, 0.29) is 11.9 Å². The highest BCUT2D eigenvalue weighted by molar-refractivity contribution is 5.94. The Morgan fingerprint density at radius 1 is 1.23 bits per heavy atom. The molecular weight excluding hydrogens is 276 g/mol. The predicted octanol–water partition coefficient (Wildman–Crippen LogP) is 2.94. The van der Waals surface area contributed by atoms with Crippen molar-refractivity contribution >= 4 is 11.6 Å². The standard InChI is InChI=1S/C18H20N2O2/c1-11-9-13(10-12-7-8-16(21)20-18(11)12)17(19)14-5-3-4-6-15(14)22-2/h3-6,9-10,17H,7-8,19H2,1-2H3,(H,20,21). The minimum atomic E-state index is -0.252. The lowest BCUT2D eigenvalue weighted by Crippen LogP contribution is -2.21. The number of benzene rings is 2. The molecule has 114 valence electrons. The van der Waals surface area contributed by atoms with Crippen molar-refractivity contribution in [1.29, 1.82) is 0 Å². The summed E-state index contributed by atoms with van der Waals surface area (Å²) in [5, 5.41) is 2.95. The van der Waals surface area contributed by atoms with Crippen LogP contribution in [-0.4, -0.2) is 13.0 Å². The van der Waals surface area contributed by atoms with Crippen LogP contribution in [0.2, 0.25) is 0 Å². The normalized spacial score (nSPS) is 15.0. The molecule has 22 heavy (non-hydrogen) atoms. The highest BCUT2D eigenvalue weighted by Crippen LogP contribution is 2.33. The van der Waals surface area contributed by atoms with E-state index in [1.54, 1.807) is 7.11 Å². The summed E-state index contributed by atoms with van der Waals surface area (Å²) in [4.78, 5) is 11.5. The molecule has 1 amide bonds. The SMILES string of the molecule is COc1ccccc1C(N)c1cc(C)c2c(c1)CCC(=O)N2. The van der Waals surface area contributed by atoms with Crippen molar-refractivity contribution < 1.29 is 9.53 Å². The van der Waals surface area contributed by atoms with Gasteiger partial charge in [0.15, 0.2) is 0 Å². The topological polar surface area (TPSA) is 64.3 Å². The number of para-hydroxylation sites is 1. The summed E-state index contributed by atoms with van der Waals surface area (Å²) in [6.45, 7) is 2.00. The zero-order valence-electron chi connectivity index (χ0n) is 12.8. The Hall–Kier alpha value is -2.33. The molecule has 4 heteroatoms. The molecule has 1 unspecified atom stereocenters. The average Bonchev–Trinajstić information content (AvgIpc) is 2.54. The molecule has 4 nitrogen and oxygen atoms in total. The van der Waals surface area contributed by atoms with E-state index >= 15 is 0 Å². The first-order chi connectivity index (χ1) is 10.6. The van der Waals surface area contributed by atoms with Gasteiger partial charge in [0, 0.05) is 17.7 Å². The van der Waals surface area contributed by atoms with E-state index < -0.39 is 0 Å². The predicted molar refractivity (Wildman–Crippen MR) is 87.2 cm³/mol. The maximum absolute atomic E-state index is 11.5. The number of anilines is 1. The van der Waals surface area contributed by atoms with Crippen LogP contribution in [0.1, 0.15) is 34.7 Å². The van der Waals surface area contributed by atoms with Crippen LogP contribution in [0.3, 0.4) is 0 Å². The molecule has 2 aromatic carbocycles. The van der Waals surface area contributed by atoms with E-state index in [4.69, 9.17) is 10.5 Å². The van der Waals surface area contributed by atoms with Gasteiger partial charge >= 0.3 is 0 Å². The van der Waals surface area contributed by atoms with Gasteiger partial charge in [0.2, 0.25) is 5.91 Å². The van der Waals surface area contributed by atoms with Crippen LogP contribution in [-0.2, 0) is 11.2 Å². The number of nitrogens with two attached hydrogens (primary N) is 1. The lowest BCUT2D eigenvalue weighted by molar-refractivity contribution is -0.116. The Kier molecular flexibility index (Phi) is 3.86. The third-order valence-electron chi connectivity index (χ3n) is 4.16. The molecule has 2 aromatic rings. The van der Waals surface area contributed by atoms with Crippen LogP contribution in [0.15, 0.2) is 36.4 Å². The second kappa shape index (κ2) is 5.81. The quantitative estimate of drug-likeness (QED) is 0.915. The van der Waals surface area contributed by atoms with Gasteiger partial charge in [-0.25, -0.2) is 0 Å². The Labute approximate surface area is 130 Å². The summed E-state index contributed by atoms with van der Waals surface area (Å²) >= 11 is 0. The van der Waals surface area contributed by atoms with Crippen LogP contribution < -0.4 is 15.8 Å². The molecule has 1 aliphatic rings. The molecule has 0 saturated carbocycles. The third-order valence-corrected chi connectivity index (χ3v) is 4.16. The maximum Gasteiger partial charge on any atom is 0.224 e. The fourth-order valence-corrected chi connectivity index (χ4v) is 3.00. The number of nitrogens with one attached hydrogen (secondary N) is 1. The van der Waals surface area contributed by atoms with Crippen molar-refractivity contribution in [3.05, 3.63) is 58.7 Å². The van der Waals surface area contributed by atoms with Gasteiger partial charge in [0.1, 0.15) is 5.75 Å². The summed E-state index contributed by atoms with van der Waals surface area (Å²) in [5.74, 6) is 0.871. The average molecular weight is 296 g/mol. The van der Waals surface area contributed by atoms with Gasteiger partial charge in [0.25, 0.3) is 0 Å². The lowest BCUT2D eigenvalue weighted by Gasteiger charge is -2.23. The Bertz CT molecular complexity index is 725. The van der Waals surface area contributed by atoms with Crippen molar-refractivity contribution in [3.63, 3.8) is 0 Å². The van der Waals surface area contributed by atoms with Crippen molar-refractivity contribution in [2.45, 2.75) is 25.8 Å². The fourth-order valence-electron chi connectivity index (χ4n) is 3.00. The van der Waals surface area contributed by atoms with Gasteiger partial charge in [-0.1, -0.05) is 30.3 Å². The van der Waals surface area contributed by atoms with Crippen LogP contribution in [0.5, 0.6) is 5.75 Å². The van der Waals surface area contributed by atoms with Crippen molar-refractivity contribution in [3.8, 4) is 5.75 Å². The van der Waals surface area contributed by atoms with Crippen LogP contribution >= 0.6 is 0 Å². The molecule has 1 aliphatic heterocycles. The van der Waals surface area contributed by atoms with Gasteiger partial charge in [0.05, 0.1) is 13.2 Å². The maximum atomic E-state index is 11.5. The summed E-state index contributed by atoms with van der Waals surface area (Å²) in [6.07, 6.45) is 1.29. The van der Waals surface area contributed by atoms with E-state index in [0.29, 0.717) is 6.42 Å². The van der Waals surface area contributed by atoms with Gasteiger partial charge < -0.3 is 15.8 Å². The van der Waals surface area contributed by atoms with Crippen molar-refractivity contribution in [1.82, 2.24) is 0 Å². The first-order valence-electron chi connectivity index (χ1n) is 7.42. The number of rotatable bonds is 3. The van der Waals surface area contributed by atoms with Crippen LogP contribution in [0.4, 0.5) is 5.69 Å². The second-order valence-electron chi connectivity index (χ2n) is 5.64. The highest BCUT2D eigenvalue weighted by atomic mass is 16.5. The fraction of sp³-hybridized carbons (Fsp3) is 0.278.